The average molecular weight is 513 g/mol. The normalized spacial score (nSPS) is 16.9. The van der Waals surface area contributed by atoms with Crippen molar-refractivity contribution < 1.29 is 28.2 Å². The van der Waals surface area contributed by atoms with E-state index in [4.69, 9.17) is 21.1 Å². The van der Waals surface area contributed by atoms with Gasteiger partial charge in [-0.05, 0) is 41.3 Å². The molecule has 2 heterocycles. The molecule has 36 heavy (non-hydrogen) atoms. The third-order valence-corrected chi connectivity index (χ3v) is 6.55. The molecule has 0 fully saturated rings. The highest BCUT2D eigenvalue weighted by molar-refractivity contribution is 6.27. The zero-order chi connectivity index (χ0) is 25.8. The van der Waals surface area contributed by atoms with Gasteiger partial charge in [0.15, 0.2) is 0 Å². The van der Waals surface area contributed by atoms with E-state index in [-0.39, 0.29) is 25.3 Å². The monoisotopic (exact) mass is 512 g/mol. The molecule has 0 saturated carbocycles. The van der Waals surface area contributed by atoms with Crippen molar-refractivity contribution in [3.63, 3.8) is 0 Å². The van der Waals surface area contributed by atoms with Crippen LogP contribution in [0.3, 0.4) is 0 Å². The molecule has 0 radical (unpaired) electrons. The van der Waals surface area contributed by atoms with E-state index in [1.54, 1.807) is 24.3 Å². The van der Waals surface area contributed by atoms with Gasteiger partial charge in [0.05, 0.1) is 25.4 Å². The maximum Gasteiger partial charge on any atom is 0.338 e. The molecular weight excluding hydrogens is 487 g/mol. The number of fused-ring (bicyclic) bond motifs is 3. The van der Waals surface area contributed by atoms with Crippen molar-refractivity contribution in [2.45, 2.75) is 24.9 Å². The van der Waals surface area contributed by atoms with Crippen molar-refractivity contribution in [2.75, 3.05) is 26.3 Å². The fourth-order valence-electron chi connectivity index (χ4n) is 4.59. The predicted octanol–water partition coefficient (Wildman–Crippen LogP) is 4.50. The molecule has 4 rings (SSSR count). The number of halogens is 2. The molecule has 0 saturated heterocycles. The molecule has 188 valence electrons. The van der Waals surface area contributed by atoms with Crippen molar-refractivity contribution in [3.05, 3.63) is 83.1 Å². The minimum absolute atomic E-state index is 0.0651. The fraction of sp³-hybridized carbons (Fsp3) is 0.296. The first-order chi connectivity index (χ1) is 17.4. The van der Waals surface area contributed by atoms with Gasteiger partial charge in [-0.15, -0.1) is 11.6 Å². The molecule has 3 aromatic rings. The van der Waals surface area contributed by atoms with Crippen molar-refractivity contribution in [3.8, 4) is 0 Å². The van der Waals surface area contributed by atoms with E-state index in [1.165, 1.54) is 12.0 Å². The molecule has 0 aliphatic carbocycles. The molecule has 1 aromatic heterocycles. The van der Waals surface area contributed by atoms with Gasteiger partial charge in [0.25, 0.3) is 0 Å². The number of hydrogen-bond acceptors (Lipinski definition) is 5. The summed E-state index contributed by atoms with van der Waals surface area (Å²) in [6.45, 7) is 3.05. The minimum atomic E-state index is -0.871. The number of carbonyl (C=O) groups is 3. The topological polar surface area (TPSA) is 88.7 Å². The number of methoxy groups -OCH3 is 1. The fourth-order valence-corrected chi connectivity index (χ4v) is 4.73. The maximum atomic E-state index is 13.0. The number of rotatable bonds is 8. The SMILES string of the molecule is C=C(CCF)COC(=O)c1ccc([C@H]2c3[nH]c4ccccc4c3C[C@H](C(=O)OC)N2C(=O)CCl)cc1. The van der Waals surface area contributed by atoms with Gasteiger partial charge >= 0.3 is 11.9 Å². The number of nitrogens with zero attached hydrogens (tertiary/aromatic N) is 1. The number of esters is 2. The Morgan fingerprint density at radius 1 is 1.17 bits per heavy atom. The van der Waals surface area contributed by atoms with Gasteiger partial charge in [-0.3, -0.25) is 9.18 Å². The third kappa shape index (κ3) is 4.86. The Labute approximate surface area is 212 Å². The van der Waals surface area contributed by atoms with E-state index in [0.717, 1.165) is 22.2 Å². The van der Waals surface area contributed by atoms with Crippen LogP contribution < -0.4 is 0 Å². The highest BCUT2D eigenvalue weighted by atomic mass is 35.5. The van der Waals surface area contributed by atoms with Gasteiger partial charge in [-0.2, -0.15) is 0 Å². The molecule has 2 atom stereocenters. The zero-order valence-corrected chi connectivity index (χ0v) is 20.5. The standard InChI is InChI=1S/C27H26ClFN2O5/c1-16(11-12-29)15-36-26(33)18-9-7-17(8-10-18)25-24-20(19-5-3-4-6-21(19)30-24)13-22(27(34)35-2)31(25)23(32)14-28/h3-10,22,25,30H,1,11-15H2,2H3/t22-,25+/m1/s1. The number of carbonyl (C=O) groups excluding carboxylic acids is 3. The third-order valence-electron chi connectivity index (χ3n) is 6.32. The Morgan fingerprint density at radius 2 is 1.89 bits per heavy atom. The Hall–Kier alpha value is -3.65. The van der Waals surface area contributed by atoms with E-state index >= 15 is 0 Å². The van der Waals surface area contributed by atoms with Crippen LogP contribution in [0.5, 0.6) is 0 Å². The number of amides is 1. The molecule has 1 aliphatic heterocycles. The molecule has 0 unspecified atom stereocenters. The largest absolute Gasteiger partial charge is 0.467 e. The Balaban J connectivity index is 1.74. The van der Waals surface area contributed by atoms with Crippen LogP contribution in [-0.2, 0) is 25.5 Å². The Morgan fingerprint density at radius 3 is 2.56 bits per heavy atom. The van der Waals surface area contributed by atoms with E-state index in [9.17, 15) is 18.8 Å². The number of hydrogen-bond donors (Lipinski definition) is 1. The molecule has 0 spiro atoms. The van der Waals surface area contributed by atoms with E-state index in [2.05, 4.69) is 11.6 Å². The predicted molar refractivity (Wildman–Crippen MR) is 134 cm³/mol. The van der Waals surface area contributed by atoms with Crippen LogP contribution in [-0.4, -0.2) is 60.0 Å². The maximum absolute atomic E-state index is 13.0. The van der Waals surface area contributed by atoms with Gasteiger partial charge in [0.1, 0.15) is 18.5 Å². The van der Waals surface area contributed by atoms with Crippen molar-refractivity contribution >= 4 is 40.3 Å². The van der Waals surface area contributed by atoms with E-state index in [0.29, 0.717) is 16.7 Å². The molecule has 2 aromatic carbocycles. The van der Waals surface area contributed by atoms with Crippen LogP contribution in [0.4, 0.5) is 4.39 Å². The number of nitrogens with one attached hydrogen (secondary N) is 1. The molecule has 9 heteroatoms. The van der Waals surface area contributed by atoms with Crippen LogP contribution in [0.1, 0.15) is 39.6 Å². The summed E-state index contributed by atoms with van der Waals surface area (Å²) in [6.07, 6.45) is 0.408. The van der Waals surface area contributed by atoms with Crippen LogP contribution in [0.25, 0.3) is 10.9 Å². The summed E-state index contributed by atoms with van der Waals surface area (Å²) in [5.74, 6) is -1.84. The summed E-state index contributed by atoms with van der Waals surface area (Å²) in [6, 6.07) is 12.8. The van der Waals surface area contributed by atoms with E-state index in [1.807, 2.05) is 24.3 Å². The molecule has 1 amide bonds. The Kier molecular flexibility index (Phi) is 7.74. The summed E-state index contributed by atoms with van der Waals surface area (Å²) in [7, 11) is 1.29. The summed E-state index contributed by atoms with van der Waals surface area (Å²) in [5, 5.41) is 0.957. The number of aromatic amines is 1. The summed E-state index contributed by atoms with van der Waals surface area (Å²) < 4.78 is 22.7. The number of alkyl halides is 2. The number of aromatic nitrogens is 1. The summed E-state index contributed by atoms with van der Waals surface area (Å²) >= 11 is 5.96. The second kappa shape index (κ2) is 11.0. The molecule has 7 nitrogen and oxygen atoms in total. The van der Waals surface area contributed by atoms with Crippen molar-refractivity contribution in [1.29, 1.82) is 0 Å². The van der Waals surface area contributed by atoms with Gasteiger partial charge in [0, 0.05) is 23.0 Å². The quantitative estimate of drug-likeness (QED) is 0.273. The van der Waals surface area contributed by atoms with Crippen molar-refractivity contribution in [1.82, 2.24) is 9.88 Å². The molecule has 1 aliphatic rings. The second-order valence-electron chi connectivity index (χ2n) is 8.53. The lowest BCUT2D eigenvalue weighted by Crippen LogP contribution is -2.52. The number of benzene rings is 2. The smallest absolute Gasteiger partial charge is 0.338 e. The van der Waals surface area contributed by atoms with Gasteiger partial charge in [-0.1, -0.05) is 36.9 Å². The highest BCUT2D eigenvalue weighted by Gasteiger charge is 2.43. The summed E-state index contributed by atoms with van der Waals surface area (Å²) in [4.78, 5) is 43.2. The van der Waals surface area contributed by atoms with Crippen LogP contribution in [0.2, 0.25) is 0 Å². The Bertz CT molecular complexity index is 1300. The van der Waals surface area contributed by atoms with Crippen LogP contribution >= 0.6 is 11.6 Å². The lowest BCUT2D eigenvalue weighted by atomic mass is 9.87. The van der Waals surface area contributed by atoms with Crippen molar-refractivity contribution in [2.24, 2.45) is 0 Å². The molecular formula is C27H26ClFN2O5. The van der Waals surface area contributed by atoms with Gasteiger partial charge in [-0.25, -0.2) is 9.59 Å². The second-order valence-corrected chi connectivity index (χ2v) is 8.80. The minimum Gasteiger partial charge on any atom is -0.467 e. The average Bonchev–Trinajstić information content (AvgIpc) is 3.28. The summed E-state index contributed by atoms with van der Waals surface area (Å²) in [5.41, 5.74) is 4.02. The van der Waals surface area contributed by atoms with Crippen LogP contribution in [0, 0.1) is 0 Å². The lowest BCUT2D eigenvalue weighted by Gasteiger charge is -2.40. The highest BCUT2D eigenvalue weighted by Crippen LogP contribution is 2.41. The first-order valence-electron chi connectivity index (χ1n) is 11.4. The van der Waals surface area contributed by atoms with Gasteiger partial charge < -0.3 is 19.4 Å². The first kappa shape index (κ1) is 25.4. The van der Waals surface area contributed by atoms with Crippen LogP contribution in [0.15, 0.2) is 60.7 Å². The van der Waals surface area contributed by atoms with E-state index < -0.39 is 36.6 Å². The first-order valence-corrected chi connectivity index (χ1v) is 12.0. The molecule has 1 N–H and O–H groups in total. The van der Waals surface area contributed by atoms with Gasteiger partial charge in [0.2, 0.25) is 5.91 Å². The zero-order valence-electron chi connectivity index (χ0n) is 19.8. The molecule has 0 bridgehead atoms. The number of H-pyrrole nitrogens is 1. The number of para-hydroxylation sites is 1. The lowest BCUT2D eigenvalue weighted by molar-refractivity contribution is -0.154. The number of ether oxygens (including phenoxy) is 2.